The lowest BCUT2D eigenvalue weighted by Gasteiger charge is -2.39. The summed E-state index contributed by atoms with van der Waals surface area (Å²) in [5.74, 6) is 0.895. The van der Waals surface area contributed by atoms with Crippen LogP contribution in [0.25, 0.3) is 11.1 Å². The molecule has 2 aliphatic rings. The van der Waals surface area contributed by atoms with Crippen molar-refractivity contribution in [2.45, 2.75) is 38.6 Å². The summed E-state index contributed by atoms with van der Waals surface area (Å²) in [4.78, 5) is 13.8. The van der Waals surface area contributed by atoms with Gasteiger partial charge in [-0.1, -0.05) is 31.2 Å². The third-order valence-corrected chi connectivity index (χ3v) is 8.62. The van der Waals surface area contributed by atoms with Crippen LogP contribution in [0.3, 0.4) is 0 Å². The highest BCUT2D eigenvalue weighted by atomic mass is 32.1. The van der Waals surface area contributed by atoms with E-state index < -0.39 is 0 Å². The van der Waals surface area contributed by atoms with Gasteiger partial charge in [0.05, 0.1) is 12.8 Å². The molecule has 0 unspecified atom stereocenters. The van der Waals surface area contributed by atoms with Crippen LogP contribution in [0.5, 0.6) is 5.75 Å². The number of nitrogens with zero attached hydrogens (tertiary/aromatic N) is 4. The smallest absolute Gasteiger partial charge is 0.180 e. The zero-order chi connectivity index (χ0) is 24.9. The second kappa shape index (κ2) is 11.6. The fraction of sp³-hybridized carbons (Fsp3) is 0.483. The first-order valence-corrected chi connectivity index (χ1v) is 14.1. The maximum Gasteiger partial charge on any atom is 0.180 e. The molecule has 1 aromatic heterocycles. The fourth-order valence-corrected chi connectivity index (χ4v) is 6.57. The van der Waals surface area contributed by atoms with E-state index in [9.17, 15) is 0 Å². The number of fused-ring (bicyclic) bond motifs is 1. The second-order valence-electron chi connectivity index (χ2n) is 9.96. The highest BCUT2D eigenvalue weighted by Crippen LogP contribution is 2.30. The summed E-state index contributed by atoms with van der Waals surface area (Å²) in [6.07, 6.45) is 4.59. The summed E-state index contributed by atoms with van der Waals surface area (Å²) in [7, 11) is 1.72. The van der Waals surface area contributed by atoms with Crippen LogP contribution in [0, 0.1) is 0 Å². The lowest BCUT2D eigenvalue weighted by molar-refractivity contribution is 0.146. The van der Waals surface area contributed by atoms with Crippen LogP contribution in [-0.2, 0) is 12.8 Å². The molecule has 0 radical (unpaired) electrons. The van der Waals surface area contributed by atoms with Crippen LogP contribution in [0.15, 0.2) is 48.5 Å². The minimum absolute atomic E-state index is 0.627. The molecule has 0 bridgehead atoms. The largest absolute Gasteiger partial charge is 0.497 e. The monoisotopic (exact) mass is 505 g/mol. The van der Waals surface area contributed by atoms with Crippen molar-refractivity contribution >= 4 is 22.2 Å². The highest BCUT2D eigenvalue weighted by Gasteiger charge is 2.27. The predicted molar refractivity (Wildman–Crippen MR) is 151 cm³/mol. The molecule has 2 aromatic carbocycles. The van der Waals surface area contributed by atoms with Crippen LogP contribution >= 0.6 is 11.3 Å². The summed E-state index contributed by atoms with van der Waals surface area (Å²) in [6.45, 7) is 10.2. The summed E-state index contributed by atoms with van der Waals surface area (Å²) in [5, 5.41) is 0.732. The van der Waals surface area contributed by atoms with E-state index in [4.69, 9.17) is 10.5 Å². The number of nitrogen functional groups attached to an aromatic ring is 1. The number of rotatable bonds is 9. The number of ether oxygens (including phenoxy) is 1. The second-order valence-corrected chi connectivity index (χ2v) is 11.1. The topological polar surface area (TPSA) is 57.9 Å². The van der Waals surface area contributed by atoms with Crippen molar-refractivity contribution in [3.8, 4) is 16.9 Å². The Morgan fingerprint density at radius 3 is 2.61 bits per heavy atom. The lowest BCUT2D eigenvalue weighted by Crippen LogP contribution is -2.50. The molecule has 0 spiro atoms. The molecule has 1 aliphatic carbocycles. The Morgan fingerprint density at radius 1 is 1.06 bits per heavy atom. The number of hydrogen-bond donors (Lipinski definition) is 1. The van der Waals surface area contributed by atoms with E-state index in [1.165, 1.54) is 46.8 Å². The van der Waals surface area contributed by atoms with Gasteiger partial charge < -0.3 is 15.4 Å². The van der Waals surface area contributed by atoms with Gasteiger partial charge in [-0.05, 0) is 67.6 Å². The average molecular weight is 506 g/mol. The summed E-state index contributed by atoms with van der Waals surface area (Å²) in [5.41, 5.74) is 11.0. The molecular weight excluding hydrogens is 466 g/mol. The van der Waals surface area contributed by atoms with Gasteiger partial charge in [-0.25, -0.2) is 4.98 Å². The molecule has 2 heterocycles. The zero-order valence-corrected chi connectivity index (χ0v) is 22.5. The number of aromatic nitrogens is 1. The van der Waals surface area contributed by atoms with Crippen LogP contribution in [0.4, 0.5) is 10.8 Å². The quantitative estimate of drug-likeness (QED) is 0.451. The molecule has 3 aromatic rings. The zero-order valence-electron chi connectivity index (χ0n) is 21.7. The molecule has 0 saturated carbocycles. The van der Waals surface area contributed by atoms with E-state index in [-0.39, 0.29) is 0 Å². The number of methoxy groups -OCH3 is 1. The molecule has 5 rings (SSSR count). The lowest BCUT2D eigenvalue weighted by atomic mass is 9.96. The summed E-state index contributed by atoms with van der Waals surface area (Å²) < 4.78 is 5.38. The van der Waals surface area contributed by atoms with Crippen molar-refractivity contribution in [3.05, 3.63) is 59.1 Å². The predicted octanol–water partition coefficient (Wildman–Crippen LogP) is 4.79. The van der Waals surface area contributed by atoms with Crippen LogP contribution in [0.1, 0.15) is 30.3 Å². The molecule has 1 fully saturated rings. The molecule has 7 heteroatoms. The van der Waals surface area contributed by atoms with Gasteiger partial charge in [-0.2, -0.15) is 0 Å². The first kappa shape index (κ1) is 25.1. The molecular formula is C29H39N5OS. The molecule has 0 amide bonds. The minimum Gasteiger partial charge on any atom is -0.497 e. The van der Waals surface area contributed by atoms with Gasteiger partial charge in [0.2, 0.25) is 0 Å². The molecule has 2 N–H and O–H groups in total. The average Bonchev–Trinajstić information content (AvgIpc) is 3.30. The minimum atomic E-state index is 0.627. The van der Waals surface area contributed by atoms with E-state index in [0.717, 1.165) is 63.0 Å². The van der Waals surface area contributed by atoms with Crippen molar-refractivity contribution in [1.82, 2.24) is 14.8 Å². The summed E-state index contributed by atoms with van der Waals surface area (Å²) >= 11 is 1.69. The van der Waals surface area contributed by atoms with Gasteiger partial charge in [-0.3, -0.25) is 9.80 Å². The number of piperazine rings is 1. The van der Waals surface area contributed by atoms with Crippen molar-refractivity contribution < 1.29 is 4.74 Å². The van der Waals surface area contributed by atoms with E-state index >= 15 is 0 Å². The Kier molecular flexibility index (Phi) is 8.09. The van der Waals surface area contributed by atoms with Gasteiger partial charge in [-0.15, -0.1) is 11.3 Å². The molecule has 1 aliphatic heterocycles. The van der Waals surface area contributed by atoms with Crippen LogP contribution in [0.2, 0.25) is 0 Å². The van der Waals surface area contributed by atoms with E-state index in [0.29, 0.717) is 6.04 Å². The van der Waals surface area contributed by atoms with Gasteiger partial charge in [0, 0.05) is 55.9 Å². The van der Waals surface area contributed by atoms with Gasteiger partial charge >= 0.3 is 0 Å². The van der Waals surface area contributed by atoms with Crippen molar-refractivity contribution in [2.24, 2.45) is 0 Å². The van der Waals surface area contributed by atoms with Crippen LogP contribution < -0.4 is 15.4 Å². The van der Waals surface area contributed by atoms with E-state index in [2.05, 4.69) is 63.0 Å². The number of nitrogens with two attached hydrogens (primary N) is 1. The molecule has 6 nitrogen and oxygen atoms in total. The Bertz CT molecular complexity index is 1120. The molecule has 36 heavy (non-hydrogen) atoms. The third kappa shape index (κ3) is 5.85. The maximum atomic E-state index is 5.97. The third-order valence-electron chi connectivity index (χ3n) is 7.67. The number of anilines is 2. The Labute approximate surface area is 219 Å². The van der Waals surface area contributed by atoms with Crippen molar-refractivity contribution in [2.75, 3.05) is 63.6 Å². The SMILES string of the molecule is CCCN(CCN1CCN(c2ccc(-c3cccc(OC)c3)cc2)CC1)[C@H]1CCc2nc(N)sc2C1. The Morgan fingerprint density at radius 2 is 1.86 bits per heavy atom. The molecule has 1 saturated heterocycles. The normalized spacial score (nSPS) is 18.4. The number of benzene rings is 2. The molecule has 192 valence electrons. The fourth-order valence-electron chi connectivity index (χ4n) is 5.62. The maximum absolute atomic E-state index is 5.97. The number of hydrogen-bond acceptors (Lipinski definition) is 7. The van der Waals surface area contributed by atoms with Crippen LogP contribution in [-0.4, -0.2) is 73.7 Å². The van der Waals surface area contributed by atoms with Crippen molar-refractivity contribution in [1.29, 1.82) is 0 Å². The van der Waals surface area contributed by atoms with E-state index in [1.807, 2.05) is 12.1 Å². The van der Waals surface area contributed by atoms with Gasteiger partial charge in [0.1, 0.15) is 5.75 Å². The van der Waals surface area contributed by atoms with Gasteiger partial charge in [0.25, 0.3) is 0 Å². The van der Waals surface area contributed by atoms with Crippen molar-refractivity contribution in [3.63, 3.8) is 0 Å². The van der Waals surface area contributed by atoms with E-state index in [1.54, 1.807) is 18.4 Å². The number of thiazole rings is 1. The highest BCUT2D eigenvalue weighted by molar-refractivity contribution is 7.15. The Hall–Kier alpha value is -2.61. The van der Waals surface area contributed by atoms with Gasteiger partial charge in [0.15, 0.2) is 5.13 Å². The molecule has 1 atom stereocenters. The summed E-state index contributed by atoms with van der Waals surface area (Å²) in [6, 6.07) is 17.9. The first-order valence-electron chi connectivity index (χ1n) is 13.3. The standard InChI is InChI=1S/C29H39N5OS/c1-3-13-33(25-11-12-27-28(21-25)36-29(30)31-27)17-14-32-15-18-34(19-16-32)24-9-7-22(8-10-24)23-5-4-6-26(20-23)35-2/h4-10,20,25H,3,11-19,21H2,1-2H3,(H2,30,31)/t25-/m0/s1. The first-order chi connectivity index (χ1) is 17.6. The Balaban J connectivity index is 1.12. The number of aryl methyl sites for hydroxylation is 1.